The number of nitrogens with zero attached hydrogens (tertiary/aromatic N) is 1. The normalized spacial score (nSPS) is 14.9. The Morgan fingerprint density at radius 3 is 2.68 bits per heavy atom. The smallest absolute Gasteiger partial charge is 0.321 e. The highest BCUT2D eigenvalue weighted by atomic mass is 79.9. The number of benzene rings is 1. The van der Waals surface area contributed by atoms with Gasteiger partial charge in [0.2, 0.25) is 0 Å². The van der Waals surface area contributed by atoms with E-state index in [1.807, 2.05) is 25.1 Å². The number of hydrogen-bond acceptors (Lipinski definition) is 2. The maximum Gasteiger partial charge on any atom is 0.321 e. The van der Waals surface area contributed by atoms with Crippen molar-refractivity contribution in [1.82, 2.24) is 4.90 Å². The third-order valence-electron chi connectivity index (χ3n) is 3.00. The Morgan fingerprint density at radius 2 is 2.11 bits per heavy atom. The average molecular weight is 327 g/mol. The second kappa shape index (κ2) is 5.61. The first-order valence-corrected chi connectivity index (χ1v) is 6.78. The molecule has 1 heterocycles. The first kappa shape index (κ1) is 13.9. The number of carboxylic acids is 1. The number of hydrogen-bond donors (Lipinski definition) is 2. The third-order valence-corrected chi connectivity index (χ3v) is 3.46. The van der Waals surface area contributed by atoms with E-state index in [2.05, 4.69) is 21.2 Å². The van der Waals surface area contributed by atoms with Crippen LogP contribution < -0.4 is 5.32 Å². The van der Waals surface area contributed by atoms with Crippen LogP contribution in [0.25, 0.3) is 0 Å². The van der Waals surface area contributed by atoms with Crippen LogP contribution in [0.5, 0.6) is 0 Å². The van der Waals surface area contributed by atoms with Crippen LogP contribution in [0.3, 0.4) is 0 Å². The molecule has 6 heteroatoms. The lowest BCUT2D eigenvalue weighted by atomic mass is 9.97. The van der Waals surface area contributed by atoms with Crippen molar-refractivity contribution in [2.75, 3.05) is 18.4 Å². The molecule has 0 saturated carbocycles. The van der Waals surface area contributed by atoms with Gasteiger partial charge in [-0.05, 0) is 30.7 Å². The van der Waals surface area contributed by atoms with Gasteiger partial charge in [-0.1, -0.05) is 15.9 Å². The summed E-state index contributed by atoms with van der Waals surface area (Å²) in [5.74, 6) is -0.736. The number of likely N-dealkylation sites (tertiary alicyclic amines) is 1. The molecule has 0 bridgehead atoms. The molecule has 1 fully saturated rings. The summed E-state index contributed by atoms with van der Waals surface area (Å²) in [7, 11) is 0. The van der Waals surface area contributed by atoms with Gasteiger partial charge in [-0.3, -0.25) is 4.79 Å². The molecule has 0 aliphatic carbocycles. The minimum absolute atomic E-state index is 0.0764. The second-order valence-electron chi connectivity index (χ2n) is 4.82. The van der Waals surface area contributed by atoms with Crippen LogP contribution in [0.1, 0.15) is 12.0 Å². The molecule has 1 aliphatic heterocycles. The summed E-state index contributed by atoms with van der Waals surface area (Å²) >= 11 is 3.38. The summed E-state index contributed by atoms with van der Waals surface area (Å²) in [5.41, 5.74) is 1.79. The van der Waals surface area contributed by atoms with Gasteiger partial charge in [0.25, 0.3) is 0 Å². The van der Waals surface area contributed by atoms with Crippen molar-refractivity contribution in [2.45, 2.75) is 13.3 Å². The van der Waals surface area contributed by atoms with Crippen LogP contribution in [-0.2, 0) is 4.79 Å². The molecule has 0 spiro atoms. The molecule has 5 nitrogen and oxygen atoms in total. The van der Waals surface area contributed by atoms with Crippen LogP contribution in [0.2, 0.25) is 0 Å². The number of urea groups is 1. The fourth-order valence-electron chi connectivity index (χ4n) is 2.12. The van der Waals surface area contributed by atoms with Gasteiger partial charge in [0.15, 0.2) is 0 Å². The van der Waals surface area contributed by atoms with E-state index in [0.717, 1.165) is 15.7 Å². The zero-order valence-electron chi connectivity index (χ0n) is 10.5. The number of carbonyl (C=O) groups is 2. The van der Waals surface area contributed by atoms with E-state index in [-0.39, 0.29) is 18.4 Å². The highest BCUT2D eigenvalue weighted by Crippen LogP contribution is 2.22. The minimum Gasteiger partial charge on any atom is -0.481 e. The first-order valence-electron chi connectivity index (χ1n) is 5.99. The number of nitrogens with one attached hydrogen (secondary N) is 1. The Kier molecular flexibility index (Phi) is 4.09. The van der Waals surface area contributed by atoms with Gasteiger partial charge in [-0.2, -0.15) is 0 Å². The molecule has 19 heavy (non-hydrogen) atoms. The van der Waals surface area contributed by atoms with E-state index in [1.54, 1.807) is 4.90 Å². The van der Waals surface area contributed by atoms with Gasteiger partial charge >= 0.3 is 12.0 Å². The number of carboxylic acid groups (broad SMARTS) is 1. The first-order chi connectivity index (χ1) is 8.94. The number of carbonyl (C=O) groups excluding carboxylic acids is 1. The summed E-state index contributed by atoms with van der Waals surface area (Å²) in [5, 5.41) is 11.5. The molecule has 2 N–H and O–H groups in total. The molecular weight excluding hydrogens is 312 g/mol. The molecule has 102 valence electrons. The molecular formula is C13H15BrN2O3. The van der Waals surface area contributed by atoms with Gasteiger partial charge in [0.05, 0.1) is 6.42 Å². The van der Waals surface area contributed by atoms with E-state index in [0.29, 0.717) is 13.1 Å². The Morgan fingerprint density at radius 1 is 1.42 bits per heavy atom. The highest BCUT2D eigenvalue weighted by molar-refractivity contribution is 9.10. The van der Waals surface area contributed by atoms with E-state index in [1.165, 1.54) is 0 Å². The molecule has 2 amide bonds. The van der Waals surface area contributed by atoms with Gasteiger partial charge in [-0.25, -0.2) is 4.79 Å². The predicted molar refractivity (Wildman–Crippen MR) is 75.2 cm³/mol. The monoisotopic (exact) mass is 326 g/mol. The van der Waals surface area contributed by atoms with Crippen molar-refractivity contribution in [3.05, 3.63) is 28.2 Å². The Balaban J connectivity index is 1.87. The predicted octanol–water partition coefficient (Wildman–Crippen LogP) is 2.70. The van der Waals surface area contributed by atoms with E-state index in [9.17, 15) is 9.59 Å². The van der Waals surface area contributed by atoms with Crippen LogP contribution in [0.4, 0.5) is 10.5 Å². The molecule has 1 saturated heterocycles. The highest BCUT2D eigenvalue weighted by Gasteiger charge is 2.32. The van der Waals surface area contributed by atoms with Crippen LogP contribution in [0.15, 0.2) is 22.7 Å². The molecule has 2 rings (SSSR count). The van der Waals surface area contributed by atoms with Crippen molar-refractivity contribution in [3.8, 4) is 0 Å². The quantitative estimate of drug-likeness (QED) is 0.897. The Labute approximate surface area is 119 Å². The van der Waals surface area contributed by atoms with Crippen molar-refractivity contribution < 1.29 is 14.7 Å². The molecule has 1 aromatic rings. The lowest BCUT2D eigenvalue weighted by Gasteiger charge is -2.38. The van der Waals surface area contributed by atoms with Crippen molar-refractivity contribution in [3.63, 3.8) is 0 Å². The van der Waals surface area contributed by atoms with Crippen LogP contribution >= 0.6 is 15.9 Å². The Bertz CT molecular complexity index is 492. The maximum absolute atomic E-state index is 11.9. The number of aryl methyl sites for hydroxylation is 1. The third kappa shape index (κ3) is 3.70. The summed E-state index contributed by atoms with van der Waals surface area (Å²) < 4.78 is 0.912. The molecule has 0 radical (unpaired) electrons. The summed E-state index contributed by atoms with van der Waals surface area (Å²) in [6.45, 7) is 2.96. The fraction of sp³-hybridized carbons (Fsp3) is 0.385. The van der Waals surface area contributed by atoms with Gasteiger partial charge in [-0.15, -0.1) is 0 Å². The van der Waals surface area contributed by atoms with Crippen molar-refractivity contribution in [2.24, 2.45) is 5.92 Å². The van der Waals surface area contributed by atoms with E-state index in [4.69, 9.17) is 5.11 Å². The van der Waals surface area contributed by atoms with Crippen LogP contribution in [0, 0.1) is 12.8 Å². The van der Waals surface area contributed by atoms with Crippen LogP contribution in [-0.4, -0.2) is 35.1 Å². The van der Waals surface area contributed by atoms with Gasteiger partial charge in [0.1, 0.15) is 0 Å². The summed E-state index contributed by atoms with van der Waals surface area (Å²) in [6.07, 6.45) is 0.125. The largest absolute Gasteiger partial charge is 0.481 e. The molecule has 0 unspecified atom stereocenters. The zero-order chi connectivity index (χ0) is 14.0. The number of rotatable bonds is 3. The van der Waals surface area contributed by atoms with Gasteiger partial charge in [0, 0.05) is 29.2 Å². The number of halogens is 1. The van der Waals surface area contributed by atoms with E-state index < -0.39 is 5.97 Å². The number of anilines is 1. The SMILES string of the molecule is Cc1cc(Br)cc(NC(=O)N2CC(CC(=O)O)C2)c1. The number of amides is 2. The van der Waals surface area contributed by atoms with E-state index >= 15 is 0 Å². The Hall–Kier alpha value is -1.56. The van der Waals surface area contributed by atoms with Gasteiger partial charge < -0.3 is 15.3 Å². The molecule has 0 atom stereocenters. The lowest BCUT2D eigenvalue weighted by molar-refractivity contribution is -0.139. The molecule has 0 aromatic heterocycles. The number of aliphatic carboxylic acids is 1. The lowest BCUT2D eigenvalue weighted by Crippen LogP contribution is -2.52. The maximum atomic E-state index is 11.9. The summed E-state index contributed by atoms with van der Waals surface area (Å²) in [4.78, 5) is 24.0. The minimum atomic E-state index is -0.812. The molecule has 1 aliphatic rings. The van der Waals surface area contributed by atoms with Crippen molar-refractivity contribution >= 4 is 33.6 Å². The average Bonchev–Trinajstić information content (AvgIpc) is 2.20. The topological polar surface area (TPSA) is 69.6 Å². The second-order valence-corrected chi connectivity index (χ2v) is 5.73. The molecule has 1 aromatic carbocycles. The standard InChI is InChI=1S/C13H15BrN2O3/c1-8-2-10(14)5-11(3-8)15-13(19)16-6-9(7-16)4-12(17)18/h2-3,5,9H,4,6-7H2,1H3,(H,15,19)(H,17,18). The fourth-order valence-corrected chi connectivity index (χ4v) is 2.73. The summed E-state index contributed by atoms with van der Waals surface area (Å²) in [6, 6.07) is 5.50. The zero-order valence-corrected chi connectivity index (χ0v) is 12.1. The van der Waals surface area contributed by atoms with Crippen molar-refractivity contribution in [1.29, 1.82) is 0 Å².